The zero-order valence-electron chi connectivity index (χ0n) is 17.1. The molecule has 2 amide bonds. The minimum Gasteiger partial charge on any atom is -0.497 e. The number of rotatable bonds is 9. The fraction of sp³-hybridized carbons (Fsp3) is 0.167. The molecule has 0 aliphatic heterocycles. The fourth-order valence-corrected chi connectivity index (χ4v) is 3.12. The summed E-state index contributed by atoms with van der Waals surface area (Å²) < 4.78 is 10.4. The van der Waals surface area contributed by atoms with Gasteiger partial charge < -0.3 is 19.8 Å². The van der Waals surface area contributed by atoms with E-state index in [1.165, 1.54) is 12.3 Å². The standard InChI is InChI=1S/C24H23ClN2O4/c1-30-19-12-10-18(11-13-19)23(28)27-22(16-20-8-5-15-31-20)24(29)26-14-4-7-17-6-2-3-9-21(17)25/h2-3,5-6,8-13,15-16H,4,7,14H2,1H3,(H,26,29)(H,27,28)/b22-16-. The van der Waals surface area contributed by atoms with Crippen LogP contribution in [0.4, 0.5) is 0 Å². The molecule has 0 saturated carbocycles. The van der Waals surface area contributed by atoms with E-state index in [4.69, 9.17) is 20.8 Å². The van der Waals surface area contributed by atoms with E-state index in [0.29, 0.717) is 35.1 Å². The fourth-order valence-electron chi connectivity index (χ4n) is 2.89. The van der Waals surface area contributed by atoms with Crippen molar-refractivity contribution in [3.63, 3.8) is 0 Å². The molecule has 0 aliphatic carbocycles. The molecule has 3 rings (SSSR count). The maximum absolute atomic E-state index is 12.7. The highest BCUT2D eigenvalue weighted by atomic mass is 35.5. The maximum atomic E-state index is 12.7. The maximum Gasteiger partial charge on any atom is 0.267 e. The van der Waals surface area contributed by atoms with Crippen LogP contribution in [0.2, 0.25) is 5.02 Å². The SMILES string of the molecule is COc1ccc(C(=O)N/C(=C\c2ccco2)C(=O)NCCCc2ccccc2Cl)cc1. The minimum atomic E-state index is -0.410. The van der Waals surface area contributed by atoms with E-state index in [-0.39, 0.29) is 5.70 Å². The second kappa shape index (κ2) is 11.0. The first-order valence-corrected chi connectivity index (χ1v) is 10.2. The van der Waals surface area contributed by atoms with Gasteiger partial charge in [0.05, 0.1) is 13.4 Å². The van der Waals surface area contributed by atoms with Crippen molar-refractivity contribution in [2.24, 2.45) is 0 Å². The Labute approximate surface area is 185 Å². The van der Waals surface area contributed by atoms with Gasteiger partial charge in [0.2, 0.25) is 0 Å². The van der Waals surface area contributed by atoms with Gasteiger partial charge in [0.15, 0.2) is 0 Å². The molecule has 0 unspecified atom stereocenters. The highest BCUT2D eigenvalue weighted by Crippen LogP contribution is 2.16. The molecule has 0 bridgehead atoms. The second-order valence-electron chi connectivity index (χ2n) is 6.71. The number of carbonyl (C=O) groups is 2. The van der Waals surface area contributed by atoms with Crippen molar-refractivity contribution < 1.29 is 18.7 Å². The van der Waals surface area contributed by atoms with Gasteiger partial charge in [-0.3, -0.25) is 9.59 Å². The molecule has 31 heavy (non-hydrogen) atoms. The van der Waals surface area contributed by atoms with Gasteiger partial charge in [0, 0.05) is 23.2 Å². The Morgan fingerprint density at radius 1 is 1.06 bits per heavy atom. The summed E-state index contributed by atoms with van der Waals surface area (Å²) in [5.41, 5.74) is 1.52. The highest BCUT2D eigenvalue weighted by Gasteiger charge is 2.15. The lowest BCUT2D eigenvalue weighted by molar-refractivity contribution is -0.117. The average Bonchev–Trinajstić information content (AvgIpc) is 3.30. The van der Waals surface area contributed by atoms with Gasteiger partial charge in [0.1, 0.15) is 17.2 Å². The van der Waals surface area contributed by atoms with E-state index in [1.807, 2.05) is 24.3 Å². The van der Waals surface area contributed by atoms with Crippen LogP contribution in [0.5, 0.6) is 5.75 Å². The quantitative estimate of drug-likeness (QED) is 0.381. The van der Waals surface area contributed by atoms with E-state index in [2.05, 4.69) is 10.6 Å². The van der Waals surface area contributed by atoms with Crippen LogP contribution in [0.15, 0.2) is 77.0 Å². The first-order chi connectivity index (χ1) is 15.1. The summed E-state index contributed by atoms with van der Waals surface area (Å²) in [6.07, 6.45) is 4.42. The number of aryl methyl sites for hydroxylation is 1. The molecule has 1 aromatic heterocycles. The summed E-state index contributed by atoms with van der Waals surface area (Å²) in [5, 5.41) is 6.21. The van der Waals surface area contributed by atoms with Gasteiger partial charge in [-0.2, -0.15) is 0 Å². The normalized spacial score (nSPS) is 11.1. The number of ether oxygens (including phenoxy) is 1. The Morgan fingerprint density at radius 2 is 1.84 bits per heavy atom. The van der Waals surface area contributed by atoms with Crippen molar-refractivity contribution >= 4 is 29.5 Å². The van der Waals surface area contributed by atoms with Crippen molar-refractivity contribution in [1.82, 2.24) is 10.6 Å². The number of methoxy groups -OCH3 is 1. The van der Waals surface area contributed by atoms with Crippen molar-refractivity contribution in [1.29, 1.82) is 0 Å². The molecule has 160 valence electrons. The van der Waals surface area contributed by atoms with Gasteiger partial charge in [-0.1, -0.05) is 29.8 Å². The number of benzene rings is 2. The molecular formula is C24H23ClN2O4. The van der Waals surface area contributed by atoms with Crippen LogP contribution in [-0.4, -0.2) is 25.5 Å². The first-order valence-electron chi connectivity index (χ1n) is 9.79. The molecule has 6 nitrogen and oxygen atoms in total. The van der Waals surface area contributed by atoms with Gasteiger partial charge in [-0.15, -0.1) is 0 Å². The molecule has 3 aromatic rings. The summed E-state index contributed by atoms with van der Waals surface area (Å²) >= 11 is 6.17. The predicted octanol–water partition coefficient (Wildman–Crippen LogP) is 4.46. The third kappa shape index (κ3) is 6.49. The molecule has 0 saturated heterocycles. The molecular weight excluding hydrogens is 416 g/mol. The average molecular weight is 439 g/mol. The lowest BCUT2D eigenvalue weighted by Crippen LogP contribution is -2.35. The number of amides is 2. The number of halogens is 1. The smallest absolute Gasteiger partial charge is 0.267 e. The number of nitrogens with one attached hydrogen (secondary N) is 2. The predicted molar refractivity (Wildman–Crippen MR) is 120 cm³/mol. The first kappa shape index (κ1) is 22.2. The van der Waals surface area contributed by atoms with E-state index >= 15 is 0 Å². The van der Waals surface area contributed by atoms with Crippen LogP contribution in [0.25, 0.3) is 6.08 Å². The van der Waals surface area contributed by atoms with Crippen LogP contribution >= 0.6 is 11.6 Å². The molecule has 2 N–H and O–H groups in total. The molecule has 7 heteroatoms. The van der Waals surface area contributed by atoms with Crippen molar-refractivity contribution in [3.8, 4) is 5.75 Å². The zero-order chi connectivity index (χ0) is 22.1. The Balaban J connectivity index is 1.63. The van der Waals surface area contributed by atoms with Crippen molar-refractivity contribution in [2.75, 3.05) is 13.7 Å². The lowest BCUT2D eigenvalue weighted by atomic mass is 10.1. The number of carbonyl (C=O) groups excluding carboxylic acids is 2. The van der Waals surface area contributed by atoms with Crippen LogP contribution in [-0.2, 0) is 11.2 Å². The minimum absolute atomic E-state index is 0.0912. The zero-order valence-corrected chi connectivity index (χ0v) is 17.8. The summed E-state index contributed by atoms with van der Waals surface area (Å²) in [4.78, 5) is 25.4. The number of hydrogen-bond donors (Lipinski definition) is 2. The lowest BCUT2D eigenvalue weighted by Gasteiger charge is -2.11. The Morgan fingerprint density at radius 3 is 2.52 bits per heavy atom. The van der Waals surface area contributed by atoms with Crippen molar-refractivity contribution in [2.45, 2.75) is 12.8 Å². The monoisotopic (exact) mass is 438 g/mol. The molecule has 1 heterocycles. The Hall–Kier alpha value is -3.51. The highest BCUT2D eigenvalue weighted by molar-refractivity contribution is 6.31. The largest absolute Gasteiger partial charge is 0.497 e. The number of furan rings is 1. The van der Waals surface area contributed by atoms with Gasteiger partial charge >= 0.3 is 0 Å². The third-order valence-corrected chi connectivity index (χ3v) is 4.91. The molecule has 0 spiro atoms. The second-order valence-corrected chi connectivity index (χ2v) is 7.11. The summed E-state index contributed by atoms with van der Waals surface area (Å²) in [6, 6.07) is 17.6. The van der Waals surface area contributed by atoms with E-state index < -0.39 is 11.8 Å². The topological polar surface area (TPSA) is 80.6 Å². The van der Waals surface area contributed by atoms with Crippen LogP contribution in [0.3, 0.4) is 0 Å². The van der Waals surface area contributed by atoms with Crippen LogP contribution < -0.4 is 15.4 Å². The molecule has 0 atom stereocenters. The summed E-state index contributed by atoms with van der Waals surface area (Å²) in [6.45, 7) is 0.429. The molecule has 0 aliphatic rings. The third-order valence-electron chi connectivity index (χ3n) is 4.54. The van der Waals surface area contributed by atoms with Crippen molar-refractivity contribution in [3.05, 3.63) is 94.5 Å². The van der Waals surface area contributed by atoms with Gasteiger partial charge in [-0.05, 0) is 60.9 Å². The van der Waals surface area contributed by atoms with E-state index in [9.17, 15) is 9.59 Å². The molecule has 0 radical (unpaired) electrons. The van der Waals surface area contributed by atoms with E-state index in [0.717, 1.165) is 12.0 Å². The summed E-state index contributed by atoms with van der Waals surface area (Å²) in [7, 11) is 1.55. The molecule has 0 fully saturated rings. The van der Waals surface area contributed by atoms with Gasteiger partial charge in [-0.25, -0.2) is 0 Å². The Kier molecular flexibility index (Phi) is 7.90. The van der Waals surface area contributed by atoms with Crippen LogP contribution in [0.1, 0.15) is 28.1 Å². The van der Waals surface area contributed by atoms with Crippen LogP contribution in [0, 0.1) is 0 Å². The van der Waals surface area contributed by atoms with Gasteiger partial charge in [0.25, 0.3) is 11.8 Å². The summed E-state index contributed by atoms with van der Waals surface area (Å²) in [5.74, 6) is 0.277. The Bertz CT molecular complexity index is 1040. The molecule has 2 aromatic carbocycles. The number of hydrogen-bond acceptors (Lipinski definition) is 4. The van der Waals surface area contributed by atoms with E-state index in [1.54, 1.807) is 43.5 Å².